The molecule has 0 bridgehead atoms. The van der Waals surface area contributed by atoms with Crippen LogP contribution in [0.2, 0.25) is 0 Å². The third kappa shape index (κ3) is 3.28. The first-order chi connectivity index (χ1) is 10.8. The summed E-state index contributed by atoms with van der Waals surface area (Å²) in [5, 5.41) is 0. The lowest BCUT2D eigenvalue weighted by Crippen LogP contribution is -2.29. The van der Waals surface area contributed by atoms with Crippen molar-refractivity contribution in [3.63, 3.8) is 0 Å². The largest absolute Gasteiger partial charge is 0.457 e. The van der Waals surface area contributed by atoms with Gasteiger partial charge in [-0.15, -0.1) is 0 Å². The van der Waals surface area contributed by atoms with Crippen molar-refractivity contribution in [1.29, 1.82) is 0 Å². The highest BCUT2D eigenvalue weighted by Crippen LogP contribution is 2.23. The van der Waals surface area contributed by atoms with Crippen LogP contribution < -0.4 is 10.5 Å². The molecule has 4 heteroatoms. The predicted molar refractivity (Wildman–Crippen MR) is 86.0 cm³/mol. The number of carbonyl (C=O) groups excluding carboxylic acids is 1. The van der Waals surface area contributed by atoms with E-state index in [0.29, 0.717) is 18.0 Å². The monoisotopic (exact) mass is 296 g/mol. The fourth-order valence-corrected chi connectivity index (χ4v) is 2.68. The van der Waals surface area contributed by atoms with Gasteiger partial charge < -0.3 is 15.4 Å². The highest BCUT2D eigenvalue weighted by molar-refractivity contribution is 5.94. The molecule has 0 saturated carbocycles. The molecule has 0 unspecified atom stereocenters. The lowest BCUT2D eigenvalue weighted by atomic mass is 10.1. The van der Waals surface area contributed by atoms with Crippen LogP contribution >= 0.6 is 0 Å². The summed E-state index contributed by atoms with van der Waals surface area (Å²) in [6.45, 7) is 2.20. The number of hydrogen-bond acceptors (Lipinski definition) is 3. The molecule has 1 aliphatic rings. The van der Waals surface area contributed by atoms with Crippen molar-refractivity contribution in [3.05, 3.63) is 60.2 Å². The summed E-state index contributed by atoms with van der Waals surface area (Å²) in [7, 11) is 0. The second-order valence-electron chi connectivity index (χ2n) is 5.58. The Hall–Kier alpha value is -2.33. The number of nitrogens with zero attached hydrogens (tertiary/aromatic N) is 1. The van der Waals surface area contributed by atoms with Gasteiger partial charge in [-0.25, -0.2) is 0 Å². The topological polar surface area (TPSA) is 55.6 Å². The molecule has 0 aliphatic carbocycles. The average Bonchev–Trinajstić information content (AvgIpc) is 3.05. The maximum atomic E-state index is 12.4. The Morgan fingerprint density at radius 2 is 1.77 bits per heavy atom. The van der Waals surface area contributed by atoms with Gasteiger partial charge in [0.25, 0.3) is 5.91 Å². The number of nitrogens with two attached hydrogens (primary N) is 1. The van der Waals surface area contributed by atoms with Gasteiger partial charge in [-0.1, -0.05) is 18.2 Å². The first kappa shape index (κ1) is 14.6. The van der Waals surface area contributed by atoms with Crippen LogP contribution in [0.3, 0.4) is 0 Å². The summed E-state index contributed by atoms with van der Waals surface area (Å²) < 4.78 is 5.73. The van der Waals surface area contributed by atoms with Crippen LogP contribution in [0.4, 0.5) is 0 Å². The van der Waals surface area contributed by atoms with Crippen molar-refractivity contribution in [2.75, 3.05) is 19.6 Å². The van der Waals surface area contributed by atoms with Crippen LogP contribution in [0, 0.1) is 5.92 Å². The van der Waals surface area contributed by atoms with E-state index in [4.69, 9.17) is 10.5 Å². The first-order valence-electron chi connectivity index (χ1n) is 7.58. The second kappa shape index (κ2) is 6.62. The highest BCUT2D eigenvalue weighted by atomic mass is 16.5. The Kier molecular flexibility index (Phi) is 4.39. The Labute approximate surface area is 130 Å². The number of hydrogen-bond donors (Lipinski definition) is 1. The van der Waals surface area contributed by atoms with E-state index < -0.39 is 0 Å². The zero-order chi connectivity index (χ0) is 15.4. The minimum absolute atomic E-state index is 0.0715. The van der Waals surface area contributed by atoms with Gasteiger partial charge in [0.1, 0.15) is 11.5 Å². The van der Waals surface area contributed by atoms with Gasteiger partial charge in [-0.05, 0) is 55.3 Å². The first-order valence-corrected chi connectivity index (χ1v) is 7.58. The van der Waals surface area contributed by atoms with Gasteiger partial charge in [0.2, 0.25) is 0 Å². The summed E-state index contributed by atoms with van der Waals surface area (Å²) in [5.74, 6) is 2.02. The molecule has 2 aromatic rings. The molecule has 0 aromatic heterocycles. The van der Waals surface area contributed by atoms with E-state index in [2.05, 4.69) is 0 Å². The van der Waals surface area contributed by atoms with E-state index in [1.807, 2.05) is 59.5 Å². The molecule has 3 rings (SSSR count). The number of rotatable bonds is 4. The molecule has 1 aliphatic heterocycles. The van der Waals surface area contributed by atoms with Crippen LogP contribution in [-0.4, -0.2) is 30.4 Å². The zero-order valence-corrected chi connectivity index (χ0v) is 12.4. The van der Waals surface area contributed by atoms with Crippen molar-refractivity contribution in [3.8, 4) is 11.5 Å². The SMILES string of the molecule is NC[C@@H]1CCN(C(=O)c2ccc(Oc3ccccc3)cc2)C1. The molecule has 1 heterocycles. The van der Waals surface area contributed by atoms with Gasteiger partial charge in [-0.2, -0.15) is 0 Å². The molecule has 1 atom stereocenters. The van der Waals surface area contributed by atoms with Crippen LogP contribution in [0.1, 0.15) is 16.8 Å². The van der Waals surface area contributed by atoms with E-state index in [9.17, 15) is 4.79 Å². The van der Waals surface area contributed by atoms with Gasteiger partial charge in [0.05, 0.1) is 0 Å². The van der Waals surface area contributed by atoms with Crippen molar-refractivity contribution in [2.24, 2.45) is 11.7 Å². The van der Waals surface area contributed by atoms with Crippen molar-refractivity contribution >= 4 is 5.91 Å². The fraction of sp³-hybridized carbons (Fsp3) is 0.278. The van der Waals surface area contributed by atoms with Gasteiger partial charge in [0.15, 0.2) is 0 Å². The fourth-order valence-electron chi connectivity index (χ4n) is 2.68. The number of para-hydroxylation sites is 1. The molecular formula is C18H20N2O2. The van der Waals surface area contributed by atoms with Gasteiger partial charge in [0, 0.05) is 18.7 Å². The van der Waals surface area contributed by atoms with E-state index in [1.165, 1.54) is 0 Å². The smallest absolute Gasteiger partial charge is 0.253 e. The number of amides is 1. The summed E-state index contributed by atoms with van der Waals surface area (Å²) in [6, 6.07) is 16.9. The van der Waals surface area contributed by atoms with Gasteiger partial charge in [-0.3, -0.25) is 4.79 Å². The third-order valence-electron chi connectivity index (χ3n) is 3.99. The van der Waals surface area contributed by atoms with Crippen LogP contribution in [0.5, 0.6) is 11.5 Å². The van der Waals surface area contributed by atoms with Crippen LogP contribution in [-0.2, 0) is 0 Å². The second-order valence-corrected chi connectivity index (χ2v) is 5.58. The average molecular weight is 296 g/mol. The molecule has 114 valence electrons. The van der Waals surface area contributed by atoms with Crippen molar-refractivity contribution < 1.29 is 9.53 Å². The molecule has 0 spiro atoms. The lowest BCUT2D eigenvalue weighted by molar-refractivity contribution is 0.0787. The maximum Gasteiger partial charge on any atom is 0.253 e. The molecule has 22 heavy (non-hydrogen) atoms. The number of benzene rings is 2. The molecular weight excluding hydrogens is 276 g/mol. The maximum absolute atomic E-state index is 12.4. The van der Waals surface area contributed by atoms with Crippen molar-refractivity contribution in [2.45, 2.75) is 6.42 Å². The molecule has 2 aromatic carbocycles. The molecule has 1 fully saturated rings. The van der Waals surface area contributed by atoms with E-state index in [-0.39, 0.29) is 5.91 Å². The molecule has 1 amide bonds. The number of likely N-dealkylation sites (tertiary alicyclic amines) is 1. The van der Waals surface area contributed by atoms with Crippen LogP contribution in [0.25, 0.3) is 0 Å². The minimum Gasteiger partial charge on any atom is -0.457 e. The predicted octanol–water partition coefficient (Wildman–Crippen LogP) is 2.90. The number of ether oxygens (including phenoxy) is 1. The molecule has 4 nitrogen and oxygen atoms in total. The summed E-state index contributed by atoms with van der Waals surface area (Å²) >= 11 is 0. The van der Waals surface area contributed by atoms with Crippen molar-refractivity contribution in [1.82, 2.24) is 4.90 Å². The van der Waals surface area contributed by atoms with E-state index in [1.54, 1.807) is 0 Å². The summed E-state index contributed by atoms with van der Waals surface area (Å²) in [5.41, 5.74) is 6.37. The zero-order valence-electron chi connectivity index (χ0n) is 12.4. The Morgan fingerprint density at radius 1 is 1.09 bits per heavy atom. The summed E-state index contributed by atoms with van der Waals surface area (Å²) in [6.07, 6.45) is 0.997. The molecule has 2 N–H and O–H groups in total. The lowest BCUT2D eigenvalue weighted by Gasteiger charge is -2.16. The van der Waals surface area contributed by atoms with Gasteiger partial charge >= 0.3 is 0 Å². The number of carbonyl (C=O) groups is 1. The standard InChI is InChI=1S/C18H20N2O2/c19-12-14-10-11-20(13-14)18(21)15-6-8-17(9-7-15)22-16-4-2-1-3-5-16/h1-9,14H,10-13,19H2/t14-/m0/s1. The van der Waals surface area contributed by atoms with E-state index >= 15 is 0 Å². The quantitative estimate of drug-likeness (QED) is 0.944. The van der Waals surface area contributed by atoms with E-state index in [0.717, 1.165) is 31.0 Å². The highest BCUT2D eigenvalue weighted by Gasteiger charge is 2.25. The normalized spacial score (nSPS) is 17.5. The van der Waals surface area contributed by atoms with Crippen LogP contribution in [0.15, 0.2) is 54.6 Å². The minimum atomic E-state index is 0.0715. The Bertz CT molecular complexity index is 625. The Balaban J connectivity index is 1.65. The Morgan fingerprint density at radius 3 is 2.41 bits per heavy atom. The summed E-state index contributed by atoms with van der Waals surface area (Å²) in [4.78, 5) is 14.3. The molecule has 1 saturated heterocycles. The molecule has 0 radical (unpaired) electrons. The third-order valence-corrected chi connectivity index (χ3v) is 3.99.